The quantitative estimate of drug-likeness (QED) is 0.833. The van der Waals surface area contributed by atoms with E-state index in [1.165, 1.54) is 5.06 Å². The van der Waals surface area contributed by atoms with E-state index in [0.29, 0.717) is 24.7 Å². The smallest absolute Gasteiger partial charge is 0.250 e. The van der Waals surface area contributed by atoms with Gasteiger partial charge in [-0.05, 0) is 18.9 Å². The van der Waals surface area contributed by atoms with Crippen LogP contribution in [0.2, 0.25) is 0 Å². The minimum atomic E-state index is -0.0387. The molecule has 1 saturated heterocycles. The summed E-state index contributed by atoms with van der Waals surface area (Å²) in [7, 11) is 3.18. The van der Waals surface area contributed by atoms with Gasteiger partial charge in [0.25, 0.3) is 5.91 Å². The zero-order valence-electron chi connectivity index (χ0n) is 11.3. The molecule has 1 amide bonds. The number of hydrogen-bond donors (Lipinski definition) is 0. The summed E-state index contributed by atoms with van der Waals surface area (Å²) in [6.07, 6.45) is 2.27. The minimum absolute atomic E-state index is 0.0387. The van der Waals surface area contributed by atoms with E-state index in [9.17, 15) is 4.79 Å². The lowest BCUT2D eigenvalue weighted by Crippen LogP contribution is -2.36. The average molecular weight is 265 g/mol. The predicted molar refractivity (Wildman–Crippen MR) is 70.1 cm³/mol. The van der Waals surface area contributed by atoms with Crippen LogP contribution >= 0.6 is 0 Å². The van der Waals surface area contributed by atoms with Crippen molar-refractivity contribution < 1.29 is 19.1 Å². The van der Waals surface area contributed by atoms with Gasteiger partial charge in [-0.3, -0.25) is 9.63 Å². The molecule has 0 aromatic heterocycles. The summed E-state index contributed by atoms with van der Waals surface area (Å²) in [4.78, 5) is 17.5. The maximum Gasteiger partial charge on any atom is 0.250 e. The van der Waals surface area contributed by atoms with E-state index in [-0.39, 0.29) is 12.3 Å². The Labute approximate surface area is 113 Å². The fraction of sp³-hybridized carbons (Fsp3) is 0.500. The first-order valence-electron chi connectivity index (χ1n) is 6.39. The van der Waals surface area contributed by atoms with Crippen LogP contribution in [-0.2, 0) is 16.1 Å². The van der Waals surface area contributed by atoms with Crippen molar-refractivity contribution in [2.45, 2.75) is 19.3 Å². The van der Waals surface area contributed by atoms with E-state index < -0.39 is 0 Å². The fourth-order valence-electron chi connectivity index (χ4n) is 2.04. The van der Waals surface area contributed by atoms with Gasteiger partial charge in [0, 0.05) is 18.2 Å². The Bertz CT molecular complexity index is 441. The second-order valence-electron chi connectivity index (χ2n) is 4.39. The molecule has 0 bridgehead atoms. The zero-order chi connectivity index (χ0) is 13.7. The number of hydroxylamine groups is 2. The first-order valence-corrected chi connectivity index (χ1v) is 6.39. The Morgan fingerprint density at radius 2 is 2.16 bits per heavy atom. The van der Waals surface area contributed by atoms with Gasteiger partial charge >= 0.3 is 0 Å². The molecule has 0 atom stereocenters. The third-order valence-corrected chi connectivity index (χ3v) is 3.12. The van der Waals surface area contributed by atoms with Gasteiger partial charge in [-0.25, -0.2) is 5.06 Å². The van der Waals surface area contributed by atoms with Crippen molar-refractivity contribution in [2.75, 3.05) is 27.4 Å². The van der Waals surface area contributed by atoms with Crippen LogP contribution in [0.4, 0.5) is 0 Å². The summed E-state index contributed by atoms with van der Waals surface area (Å²) >= 11 is 0. The normalized spacial score (nSPS) is 15.2. The molecule has 1 aliphatic rings. The molecule has 0 radical (unpaired) electrons. The highest BCUT2D eigenvalue weighted by Gasteiger charge is 2.19. The maximum absolute atomic E-state index is 12.1. The highest BCUT2D eigenvalue weighted by molar-refractivity contribution is 5.78. The van der Waals surface area contributed by atoms with Gasteiger partial charge in [0.05, 0.1) is 27.2 Å². The third kappa shape index (κ3) is 3.38. The highest BCUT2D eigenvalue weighted by Crippen LogP contribution is 2.25. The van der Waals surface area contributed by atoms with Gasteiger partial charge in [0.15, 0.2) is 0 Å². The van der Waals surface area contributed by atoms with Gasteiger partial charge in [-0.2, -0.15) is 0 Å². The number of methoxy groups -OCH3 is 2. The standard InChI is InChI=1S/C14H19NO4/c1-17-12-6-5-11(13(10-12)18-2)9-14(16)15-7-3-4-8-19-15/h5-6,10H,3-4,7-9H2,1-2H3. The molecule has 0 aliphatic carbocycles. The summed E-state index contributed by atoms with van der Waals surface area (Å²) in [6.45, 7) is 1.28. The van der Waals surface area contributed by atoms with Crippen molar-refractivity contribution in [2.24, 2.45) is 0 Å². The fourth-order valence-corrected chi connectivity index (χ4v) is 2.04. The number of nitrogens with zero attached hydrogens (tertiary/aromatic N) is 1. The van der Waals surface area contributed by atoms with Crippen molar-refractivity contribution in [1.29, 1.82) is 0 Å². The molecule has 5 heteroatoms. The number of amides is 1. The molecule has 0 saturated carbocycles. The minimum Gasteiger partial charge on any atom is -0.497 e. The van der Waals surface area contributed by atoms with E-state index in [0.717, 1.165) is 18.4 Å². The van der Waals surface area contributed by atoms with E-state index in [2.05, 4.69) is 0 Å². The molecule has 0 unspecified atom stereocenters. The lowest BCUT2D eigenvalue weighted by Gasteiger charge is -2.26. The molecule has 1 heterocycles. The molecular weight excluding hydrogens is 246 g/mol. The Morgan fingerprint density at radius 1 is 1.32 bits per heavy atom. The average Bonchev–Trinajstić information content (AvgIpc) is 2.48. The molecule has 0 spiro atoms. The summed E-state index contributed by atoms with van der Waals surface area (Å²) < 4.78 is 10.4. The van der Waals surface area contributed by atoms with E-state index in [4.69, 9.17) is 14.3 Å². The first-order chi connectivity index (χ1) is 9.24. The Balaban J connectivity index is 2.07. The number of carbonyl (C=O) groups excluding carboxylic acids is 1. The number of carbonyl (C=O) groups is 1. The molecular formula is C14H19NO4. The zero-order valence-corrected chi connectivity index (χ0v) is 11.3. The largest absolute Gasteiger partial charge is 0.497 e. The molecule has 5 nitrogen and oxygen atoms in total. The van der Waals surface area contributed by atoms with Crippen LogP contribution in [0.1, 0.15) is 18.4 Å². The molecule has 19 heavy (non-hydrogen) atoms. The molecule has 2 rings (SSSR count). The van der Waals surface area contributed by atoms with Crippen LogP contribution < -0.4 is 9.47 Å². The summed E-state index contributed by atoms with van der Waals surface area (Å²) in [5, 5.41) is 1.45. The van der Waals surface area contributed by atoms with Crippen LogP contribution in [0.25, 0.3) is 0 Å². The lowest BCUT2D eigenvalue weighted by molar-refractivity contribution is -0.196. The van der Waals surface area contributed by atoms with Crippen molar-refractivity contribution in [3.63, 3.8) is 0 Å². The summed E-state index contributed by atoms with van der Waals surface area (Å²) in [5.74, 6) is 1.33. The summed E-state index contributed by atoms with van der Waals surface area (Å²) in [5.41, 5.74) is 0.836. The molecule has 1 aromatic rings. The molecule has 1 fully saturated rings. The second kappa shape index (κ2) is 6.43. The first kappa shape index (κ1) is 13.7. The van der Waals surface area contributed by atoms with Crippen LogP contribution in [0, 0.1) is 0 Å². The van der Waals surface area contributed by atoms with Crippen LogP contribution in [-0.4, -0.2) is 38.3 Å². The van der Waals surface area contributed by atoms with E-state index in [1.54, 1.807) is 20.3 Å². The SMILES string of the molecule is COc1ccc(CC(=O)N2CCCCO2)c(OC)c1. The topological polar surface area (TPSA) is 48.0 Å². The van der Waals surface area contributed by atoms with Gasteiger partial charge < -0.3 is 9.47 Å². The monoisotopic (exact) mass is 265 g/mol. The number of benzene rings is 1. The number of rotatable bonds is 4. The van der Waals surface area contributed by atoms with Crippen LogP contribution in [0.3, 0.4) is 0 Å². The third-order valence-electron chi connectivity index (χ3n) is 3.12. The van der Waals surface area contributed by atoms with Crippen molar-refractivity contribution in [3.05, 3.63) is 23.8 Å². The summed E-state index contributed by atoms with van der Waals surface area (Å²) in [6, 6.07) is 5.45. The van der Waals surface area contributed by atoms with Crippen molar-refractivity contribution in [3.8, 4) is 11.5 Å². The molecule has 1 aromatic carbocycles. The van der Waals surface area contributed by atoms with Crippen LogP contribution in [0.15, 0.2) is 18.2 Å². The van der Waals surface area contributed by atoms with Gasteiger partial charge in [0.2, 0.25) is 0 Å². The lowest BCUT2D eigenvalue weighted by atomic mass is 10.1. The maximum atomic E-state index is 12.1. The predicted octanol–water partition coefficient (Wildman–Crippen LogP) is 1.80. The number of hydrogen-bond acceptors (Lipinski definition) is 4. The molecule has 104 valence electrons. The van der Waals surface area contributed by atoms with Crippen molar-refractivity contribution in [1.82, 2.24) is 5.06 Å². The van der Waals surface area contributed by atoms with Gasteiger partial charge in [-0.1, -0.05) is 6.07 Å². The van der Waals surface area contributed by atoms with Gasteiger partial charge in [0.1, 0.15) is 11.5 Å². The Hall–Kier alpha value is -1.75. The molecule has 0 N–H and O–H groups in total. The Kier molecular flexibility index (Phi) is 4.63. The van der Waals surface area contributed by atoms with E-state index in [1.807, 2.05) is 12.1 Å². The van der Waals surface area contributed by atoms with Gasteiger partial charge in [-0.15, -0.1) is 0 Å². The molecule has 1 aliphatic heterocycles. The van der Waals surface area contributed by atoms with Crippen LogP contribution in [0.5, 0.6) is 11.5 Å². The second-order valence-corrected chi connectivity index (χ2v) is 4.39. The van der Waals surface area contributed by atoms with E-state index >= 15 is 0 Å². The number of ether oxygens (including phenoxy) is 2. The highest BCUT2D eigenvalue weighted by atomic mass is 16.7. The Morgan fingerprint density at radius 3 is 2.79 bits per heavy atom. The van der Waals surface area contributed by atoms with Crippen molar-refractivity contribution >= 4 is 5.91 Å².